The van der Waals surface area contributed by atoms with E-state index in [0.717, 1.165) is 5.56 Å². The highest BCUT2D eigenvalue weighted by atomic mass is 35.5. The molecule has 0 aromatic heterocycles. The topological polar surface area (TPSA) is 84.9 Å². The Kier molecular flexibility index (Phi) is 6.60. The molecule has 0 radical (unpaired) electrons. The van der Waals surface area contributed by atoms with Crippen molar-refractivity contribution in [3.63, 3.8) is 0 Å². The lowest BCUT2D eigenvalue weighted by molar-refractivity contribution is -0.122. The molecule has 138 valence electrons. The first-order chi connectivity index (χ1) is 12.3. The number of anilines is 1. The summed E-state index contributed by atoms with van der Waals surface area (Å²) in [6, 6.07) is 9.81. The van der Waals surface area contributed by atoms with Crippen LogP contribution in [0.5, 0.6) is 5.75 Å². The summed E-state index contributed by atoms with van der Waals surface area (Å²) in [4.78, 5) is 23.7. The van der Waals surface area contributed by atoms with Gasteiger partial charge in [0.05, 0.1) is 17.2 Å². The predicted molar refractivity (Wildman–Crippen MR) is 99.0 cm³/mol. The summed E-state index contributed by atoms with van der Waals surface area (Å²) in [6.45, 7) is 3.71. The van der Waals surface area contributed by atoms with E-state index < -0.39 is 18.0 Å². The van der Waals surface area contributed by atoms with Crippen molar-refractivity contribution in [2.24, 2.45) is 0 Å². The summed E-state index contributed by atoms with van der Waals surface area (Å²) in [5.41, 5.74) is 2.01. The number of carboxylic acids is 1. The normalized spacial score (nSPS) is 11.7. The maximum atomic E-state index is 12.4. The van der Waals surface area contributed by atoms with Gasteiger partial charge in [0.15, 0.2) is 6.10 Å². The van der Waals surface area contributed by atoms with Crippen LogP contribution in [-0.2, 0) is 16.1 Å². The lowest BCUT2D eigenvalue weighted by Gasteiger charge is -2.16. The molecular weight excluding hydrogens is 358 g/mol. The maximum Gasteiger partial charge on any atom is 0.335 e. The number of methoxy groups -OCH3 is 1. The van der Waals surface area contributed by atoms with Crippen molar-refractivity contribution in [3.8, 4) is 5.75 Å². The van der Waals surface area contributed by atoms with E-state index >= 15 is 0 Å². The molecule has 0 saturated carbocycles. The third kappa shape index (κ3) is 5.21. The van der Waals surface area contributed by atoms with Crippen LogP contribution in [0.3, 0.4) is 0 Å². The maximum absolute atomic E-state index is 12.4. The van der Waals surface area contributed by atoms with Crippen LogP contribution in [0.25, 0.3) is 0 Å². The Labute approximate surface area is 156 Å². The second kappa shape index (κ2) is 8.69. The van der Waals surface area contributed by atoms with Crippen LogP contribution in [0, 0.1) is 6.92 Å². The van der Waals surface area contributed by atoms with Crippen molar-refractivity contribution in [1.29, 1.82) is 0 Å². The molecule has 0 fully saturated rings. The number of amides is 1. The molecule has 0 bridgehead atoms. The van der Waals surface area contributed by atoms with Crippen molar-refractivity contribution in [3.05, 3.63) is 58.1 Å². The lowest BCUT2D eigenvalue weighted by Crippen LogP contribution is -2.30. The quantitative estimate of drug-likeness (QED) is 0.764. The van der Waals surface area contributed by atoms with Gasteiger partial charge in [0.2, 0.25) is 0 Å². The zero-order chi connectivity index (χ0) is 19.3. The number of hydrogen-bond acceptors (Lipinski definition) is 4. The van der Waals surface area contributed by atoms with E-state index in [-0.39, 0.29) is 12.2 Å². The van der Waals surface area contributed by atoms with E-state index in [4.69, 9.17) is 21.1 Å². The molecular formula is C19H20ClNO5. The highest BCUT2D eigenvalue weighted by Crippen LogP contribution is 2.26. The van der Waals surface area contributed by atoms with Gasteiger partial charge in [-0.25, -0.2) is 4.79 Å². The SMILES string of the molecule is COCc1cc(NC(=O)C(C)Oc2cc(C)ccc2Cl)cc(C(=O)O)c1. The van der Waals surface area contributed by atoms with E-state index in [1.54, 1.807) is 25.1 Å². The largest absolute Gasteiger partial charge is 0.479 e. The summed E-state index contributed by atoms with van der Waals surface area (Å²) in [5.74, 6) is -1.10. The third-order valence-corrected chi connectivity index (χ3v) is 3.89. The predicted octanol–water partition coefficient (Wildman–Crippen LogP) is 3.90. The Balaban J connectivity index is 2.15. The van der Waals surface area contributed by atoms with Gasteiger partial charge in [-0.1, -0.05) is 17.7 Å². The van der Waals surface area contributed by atoms with Gasteiger partial charge in [-0.15, -0.1) is 0 Å². The average Bonchev–Trinajstić information content (AvgIpc) is 2.58. The van der Waals surface area contributed by atoms with Gasteiger partial charge in [0.25, 0.3) is 5.91 Å². The number of aryl methyl sites for hydroxylation is 1. The van der Waals surface area contributed by atoms with Crippen molar-refractivity contribution in [2.45, 2.75) is 26.6 Å². The van der Waals surface area contributed by atoms with Crippen molar-refractivity contribution < 1.29 is 24.2 Å². The summed E-state index contributed by atoms with van der Waals surface area (Å²) in [7, 11) is 1.51. The molecule has 1 amide bonds. The minimum absolute atomic E-state index is 0.0603. The second-order valence-electron chi connectivity index (χ2n) is 5.84. The Morgan fingerprint density at radius 3 is 2.62 bits per heavy atom. The number of halogens is 1. The van der Waals surface area contributed by atoms with Crippen LogP contribution in [0.1, 0.15) is 28.4 Å². The molecule has 0 aliphatic rings. The van der Waals surface area contributed by atoms with Gasteiger partial charge >= 0.3 is 5.97 Å². The zero-order valence-corrected chi connectivity index (χ0v) is 15.5. The fraction of sp³-hybridized carbons (Fsp3) is 0.263. The molecule has 2 rings (SSSR count). The standard InChI is InChI=1S/C19H20ClNO5/c1-11-4-5-16(20)17(6-11)26-12(2)18(22)21-15-8-13(10-25-3)7-14(9-15)19(23)24/h4-9,12H,10H2,1-3H3,(H,21,22)(H,23,24). The van der Waals surface area contributed by atoms with Gasteiger partial charge in [0, 0.05) is 12.8 Å². The van der Waals surface area contributed by atoms with E-state index in [2.05, 4.69) is 5.32 Å². The number of carbonyl (C=O) groups excluding carboxylic acids is 1. The lowest BCUT2D eigenvalue weighted by atomic mass is 10.1. The van der Waals surface area contributed by atoms with Crippen LogP contribution in [-0.4, -0.2) is 30.2 Å². The number of carbonyl (C=O) groups is 2. The van der Waals surface area contributed by atoms with Crippen molar-refractivity contribution >= 4 is 29.2 Å². The highest BCUT2D eigenvalue weighted by molar-refractivity contribution is 6.32. The molecule has 0 spiro atoms. The van der Waals surface area contributed by atoms with Crippen LogP contribution < -0.4 is 10.1 Å². The van der Waals surface area contributed by atoms with Gasteiger partial charge in [-0.2, -0.15) is 0 Å². The zero-order valence-electron chi connectivity index (χ0n) is 14.7. The molecule has 0 saturated heterocycles. The minimum atomic E-state index is -1.09. The first-order valence-electron chi connectivity index (χ1n) is 7.90. The van der Waals surface area contributed by atoms with Crippen LogP contribution in [0.15, 0.2) is 36.4 Å². The van der Waals surface area contributed by atoms with Crippen molar-refractivity contribution in [1.82, 2.24) is 0 Å². The fourth-order valence-corrected chi connectivity index (χ4v) is 2.49. The Morgan fingerprint density at radius 2 is 1.96 bits per heavy atom. The molecule has 0 aliphatic carbocycles. The van der Waals surface area contributed by atoms with Gasteiger partial charge in [-0.05, 0) is 55.3 Å². The summed E-state index contributed by atoms with van der Waals surface area (Å²) in [6.07, 6.45) is -0.825. The van der Waals surface area contributed by atoms with Crippen LogP contribution in [0.4, 0.5) is 5.69 Å². The smallest absolute Gasteiger partial charge is 0.335 e. The monoisotopic (exact) mass is 377 g/mol. The first-order valence-corrected chi connectivity index (χ1v) is 8.28. The molecule has 2 aromatic rings. The number of benzene rings is 2. The number of nitrogens with one attached hydrogen (secondary N) is 1. The summed E-state index contributed by atoms with van der Waals surface area (Å²) in [5, 5.41) is 12.3. The second-order valence-corrected chi connectivity index (χ2v) is 6.25. The summed E-state index contributed by atoms with van der Waals surface area (Å²) >= 11 is 6.08. The molecule has 6 nitrogen and oxygen atoms in total. The van der Waals surface area contributed by atoms with Gasteiger partial charge in [0.1, 0.15) is 5.75 Å². The van der Waals surface area contributed by atoms with E-state index in [9.17, 15) is 14.7 Å². The fourth-order valence-electron chi connectivity index (χ4n) is 2.33. The van der Waals surface area contributed by atoms with Gasteiger partial charge in [-0.3, -0.25) is 4.79 Å². The van der Waals surface area contributed by atoms with Crippen molar-refractivity contribution in [2.75, 3.05) is 12.4 Å². The molecule has 2 aromatic carbocycles. The van der Waals surface area contributed by atoms with E-state index in [0.29, 0.717) is 22.0 Å². The number of ether oxygens (including phenoxy) is 2. The molecule has 2 N–H and O–H groups in total. The van der Waals surface area contributed by atoms with E-state index in [1.807, 2.05) is 13.0 Å². The molecule has 1 atom stereocenters. The molecule has 26 heavy (non-hydrogen) atoms. The number of hydrogen-bond donors (Lipinski definition) is 2. The number of rotatable bonds is 7. The van der Waals surface area contributed by atoms with E-state index in [1.165, 1.54) is 19.2 Å². The highest BCUT2D eigenvalue weighted by Gasteiger charge is 2.17. The molecule has 0 aliphatic heterocycles. The third-order valence-electron chi connectivity index (χ3n) is 3.58. The number of carboxylic acid groups (broad SMARTS) is 1. The average molecular weight is 378 g/mol. The van der Waals surface area contributed by atoms with Gasteiger partial charge < -0.3 is 19.9 Å². The minimum Gasteiger partial charge on any atom is -0.479 e. The Bertz CT molecular complexity index is 822. The molecule has 0 heterocycles. The Morgan fingerprint density at radius 1 is 1.23 bits per heavy atom. The Hall–Kier alpha value is -2.57. The number of aromatic carboxylic acids is 1. The molecule has 1 unspecified atom stereocenters. The summed E-state index contributed by atoms with van der Waals surface area (Å²) < 4.78 is 10.7. The van der Waals surface area contributed by atoms with Crippen LogP contribution in [0.2, 0.25) is 5.02 Å². The first kappa shape index (κ1) is 19.8. The molecule has 7 heteroatoms. The van der Waals surface area contributed by atoms with Crippen LogP contribution >= 0.6 is 11.6 Å².